The summed E-state index contributed by atoms with van der Waals surface area (Å²) in [6.45, 7) is 0.750. The van der Waals surface area contributed by atoms with Crippen LogP contribution < -0.4 is 10.6 Å². The van der Waals surface area contributed by atoms with Crippen LogP contribution in [0.15, 0.2) is 24.3 Å². The maximum Gasteiger partial charge on any atom is 0.220 e. The molecule has 0 aromatic heterocycles. The van der Waals surface area contributed by atoms with Crippen LogP contribution >= 0.6 is 0 Å². The smallest absolute Gasteiger partial charge is 0.220 e. The van der Waals surface area contributed by atoms with E-state index in [1.807, 2.05) is 24.3 Å². The fourth-order valence-corrected chi connectivity index (χ4v) is 1.79. The fourth-order valence-electron chi connectivity index (χ4n) is 1.79. The molecular weight excluding hydrogens is 200 g/mol. The third-order valence-electron chi connectivity index (χ3n) is 2.67. The number of hydrogen-bond donors (Lipinski definition) is 2. The number of benzene rings is 1. The first-order chi connectivity index (χ1) is 7.78. The summed E-state index contributed by atoms with van der Waals surface area (Å²) in [5.74, 6) is 2.74. The molecule has 3 nitrogen and oxygen atoms in total. The zero-order valence-corrected chi connectivity index (χ0v) is 8.99. The molecule has 1 aliphatic heterocycles. The SMILES string of the molecule is C#Cc1cccc(NCC2CCC(=O)N2)c1. The van der Waals surface area contributed by atoms with E-state index >= 15 is 0 Å². The number of rotatable bonds is 3. The number of nitrogens with one attached hydrogen (secondary N) is 2. The molecule has 16 heavy (non-hydrogen) atoms. The third kappa shape index (κ3) is 2.54. The highest BCUT2D eigenvalue weighted by atomic mass is 16.1. The predicted octanol–water partition coefficient (Wildman–Crippen LogP) is 1.36. The molecule has 0 spiro atoms. The molecule has 1 heterocycles. The van der Waals surface area contributed by atoms with Crippen molar-refractivity contribution in [2.45, 2.75) is 18.9 Å². The number of carbonyl (C=O) groups is 1. The molecule has 82 valence electrons. The average molecular weight is 214 g/mol. The topological polar surface area (TPSA) is 41.1 Å². The summed E-state index contributed by atoms with van der Waals surface area (Å²) >= 11 is 0. The molecule has 2 rings (SSSR count). The fraction of sp³-hybridized carbons (Fsp3) is 0.308. The van der Waals surface area contributed by atoms with E-state index in [1.54, 1.807) is 0 Å². The first kappa shape index (κ1) is 10.6. The molecule has 0 saturated carbocycles. The van der Waals surface area contributed by atoms with Gasteiger partial charge in [0.15, 0.2) is 0 Å². The van der Waals surface area contributed by atoms with E-state index in [-0.39, 0.29) is 11.9 Å². The number of amides is 1. The van der Waals surface area contributed by atoms with Gasteiger partial charge in [0.25, 0.3) is 0 Å². The van der Waals surface area contributed by atoms with Crippen LogP contribution in [0.3, 0.4) is 0 Å². The minimum atomic E-state index is 0.143. The summed E-state index contributed by atoms with van der Waals surface area (Å²) < 4.78 is 0. The largest absolute Gasteiger partial charge is 0.383 e. The highest BCUT2D eigenvalue weighted by Crippen LogP contribution is 2.12. The van der Waals surface area contributed by atoms with Gasteiger partial charge in [0.05, 0.1) is 0 Å². The Bertz CT molecular complexity index is 434. The van der Waals surface area contributed by atoms with Crippen molar-refractivity contribution in [2.75, 3.05) is 11.9 Å². The van der Waals surface area contributed by atoms with E-state index in [0.717, 1.165) is 24.2 Å². The van der Waals surface area contributed by atoms with Gasteiger partial charge in [-0.25, -0.2) is 0 Å². The first-order valence-electron chi connectivity index (χ1n) is 5.38. The first-order valence-corrected chi connectivity index (χ1v) is 5.38. The summed E-state index contributed by atoms with van der Waals surface area (Å²) in [5.41, 5.74) is 1.86. The Morgan fingerprint density at radius 1 is 1.56 bits per heavy atom. The van der Waals surface area contributed by atoms with Gasteiger partial charge in [0, 0.05) is 30.3 Å². The van der Waals surface area contributed by atoms with Crippen LogP contribution in [0.4, 0.5) is 5.69 Å². The molecule has 1 unspecified atom stereocenters. The van der Waals surface area contributed by atoms with Crippen molar-refractivity contribution in [1.29, 1.82) is 0 Å². The molecule has 1 aromatic carbocycles. The van der Waals surface area contributed by atoms with Gasteiger partial charge in [-0.1, -0.05) is 12.0 Å². The number of anilines is 1. The molecule has 1 aromatic rings. The molecule has 1 aliphatic rings. The van der Waals surface area contributed by atoms with E-state index in [0.29, 0.717) is 6.42 Å². The van der Waals surface area contributed by atoms with E-state index in [1.165, 1.54) is 0 Å². The standard InChI is InChI=1S/C13H14N2O/c1-2-10-4-3-5-11(8-10)14-9-12-6-7-13(16)15-12/h1,3-5,8,12,14H,6-7,9H2,(H,15,16). The van der Waals surface area contributed by atoms with Crippen molar-refractivity contribution in [1.82, 2.24) is 5.32 Å². The summed E-state index contributed by atoms with van der Waals surface area (Å²) in [4.78, 5) is 11.0. The van der Waals surface area contributed by atoms with Gasteiger partial charge in [0.2, 0.25) is 5.91 Å². The highest BCUT2D eigenvalue weighted by molar-refractivity contribution is 5.78. The van der Waals surface area contributed by atoms with Crippen LogP contribution in [0, 0.1) is 12.3 Å². The lowest BCUT2D eigenvalue weighted by Gasteiger charge is -2.12. The molecular formula is C13H14N2O. The van der Waals surface area contributed by atoms with Gasteiger partial charge in [-0.2, -0.15) is 0 Å². The molecule has 1 amide bonds. The van der Waals surface area contributed by atoms with Crippen LogP contribution in [0.25, 0.3) is 0 Å². The van der Waals surface area contributed by atoms with Crippen LogP contribution in [-0.2, 0) is 4.79 Å². The number of carbonyl (C=O) groups excluding carboxylic acids is 1. The third-order valence-corrected chi connectivity index (χ3v) is 2.67. The van der Waals surface area contributed by atoms with Gasteiger partial charge in [-0.3, -0.25) is 4.79 Å². The molecule has 0 aliphatic carbocycles. The molecule has 1 saturated heterocycles. The van der Waals surface area contributed by atoms with Crippen molar-refractivity contribution in [3.05, 3.63) is 29.8 Å². The van der Waals surface area contributed by atoms with Crippen molar-refractivity contribution < 1.29 is 4.79 Å². The zero-order valence-electron chi connectivity index (χ0n) is 8.99. The Morgan fingerprint density at radius 3 is 3.12 bits per heavy atom. The Morgan fingerprint density at radius 2 is 2.44 bits per heavy atom. The van der Waals surface area contributed by atoms with Gasteiger partial charge in [0.1, 0.15) is 0 Å². The van der Waals surface area contributed by atoms with Crippen LogP contribution in [0.5, 0.6) is 0 Å². The monoisotopic (exact) mass is 214 g/mol. The van der Waals surface area contributed by atoms with E-state index < -0.39 is 0 Å². The molecule has 1 atom stereocenters. The van der Waals surface area contributed by atoms with Gasteiger partial charge in [-0.15, -0.1) is 6.42 Å². The number of terminal acetylenes is 1. The lowest BCUT2D eigenvalue weighted by atomic mass is 10.2. The minimum Gasteiger partial charge on any atom is -0.383 e. The van der Waals surface area contributed by atoms with Crippen LogP contribution in [-0.4, -0.2) is 18.5 Å². The lowest BCUT2D eigenvalue weighted by molar-refractivity contribution is -0.119. The van der Waals surface area contributed by atoms with E-state index in [9.17, 15) is 4.79 Å². The van der Waals surface area contributed by atoms with Crippen molar-refractivity contribution in [3.63, 3.8) is 0 Å². The maximum absolute atomic E-state index is 11.0. The van der Waals surface area contributed by atoms with Gasteiger partial charge < -0.3 is 10.6 Å². The van der Waals surface area contributed by atoms with Gasteiger partial charge in [-0.05, 0) is 24.6 Å². The molecule has 0 bridgehead atoms. The van der Waals surface area contributed by atoms with Crippen molar-refractivity contribution in [2.24, 2.45) is 0 Å². The van der Waals surface area contributed by atoms with Gasteiger partial charge >= 0.3 is 0 Å². The summed E-state index contributed by atoms with van der Waals surface area (Å²) in [7, 11) is 0. The van der Waals surface area contributed by atoms with Crippen molar-refractivity contribution >= 4 is 11.6 Å². The summed E-state index contributed by atoms with van der Waals surface area (Å²) in [6.07, 6.45) is 6.86. The Hall–Kier alpha value is -1.95. The molecule has 0 radical (unpaired) electrons. The van der Waals surface area contributed by atoms with Crippen LogP contribution in [0.1, 0.15) is 18.4 Å². The second kappa shape index (κ2) is 4.71. The summed E-state index contributed by atoms with van der Waals surface area (Å²) in [5, 5.41) is 6.18. The lowest BCUT2D eigenvalue weighted by Crippen LogP contribution is -2.31. The average Bonchev–Trinajstić information content (AvgIpc) is 2.73. The second-order valence-corrected chi connectivity index (χ2v) is 3.91. The molecule has 3 heteroatoms. The quantitative estimate of drug-likeness (QED) is 0.746. The van der Waals surface area contributed by atoms with E-state index in [4.69, 9.17) is 6.42 Å². The molecule has 1 fully saturated rings. The minimum absolute atomic E-state index is 0.143. The Labute approximate surface area is 95.2 Å². The molecule has 2 N–H and O–H groups in total. The summed E-state index contributed by atoms with van der Waals surface area (Å²) in [6, 6.07) is 7.95. The number of hydrogen-bond acceptors (Lipinski definition) is 2. The Kier molecular flexibility index (Phi) is 3.11. The Balaban J connectivity index is 1.90. The van der Waals surface area contributed by atoms with Crippen LogP contribution in [0.2, 0.25) is 0 Å². The van der Waals surface area contributed by atoms with E-state index in [2.05, 4.69) is 16.6 Å². The normalized spacial score (nSPS) is 18.9. The van der Waals surface area contributed by atoms with Crippen molar-refractivity contribution in [3.8, 4) is 12.3 Å². The maximum atomic E-state index is 11.0. The second-order valence-electron chi connectivity index (χ2n) is 3.91. The highest BCUT2D eigenvalue weighted by Gasteiger charge is 2.19. The zero-order chi connectivity index (χ0) is 11.4. The predicted molar refractivity (Wildman–Crippen MR) is 64.0 cm³/mol.